The Bertz CT molecular complexity index is 589. The summed E-state index contributed by atoms with van der Waals surface area (Å²) in [5.41, 5.74) is 2.95. The van der Waals surface area contributed by atoms with E-state index in [1.807, 2.05) is 49.5 Å². The molecule has 0 spiro atoms. The van der Waals surface area contributed by atoms with E-state index in [-0.39, 0.29) is 0 Å². The van der Waals surface area contributed by atoms with E-state index in [0.29, 0.717) is 18.1 Å². The predicted octanol–water partition coefficient (Wildman–Crippen LogP) is 2.62. The molecule has 1 aromatic heterocycles. The van der Waals surface area contributed by atoms with Crippen LogP contribution in [0.4, 0.5) is 5.69 Å². The van der Waals surface area contributed by atoms with Gasteiger partial charge >= 0.3 is 0 Å². The van der Waals surface area contributed by atoms with Gasteiger partial charge in [-0.1, -0.05) is 29.8 Å². The number of benzene rings is 1. The molecule has 1 atom stereocenters. The van der Waals surface area contributed by atoms with Gasteiger partial charge in [0.15, 0.2) is 0 Å². The van der Waals surface area contributed by atoms with Crippen LogP contribution in [-0.4, -0.2) is 30.7 Å². The zero-order valence-electron chi connectivity index (χ0n) is 12.3. The molecule has 0 saturated carbocycles. The molecule has 0 saturated heterocycles. The Morgan fingerprint density at radius 2 is 2.05 bits per heavy atom. The van der Waals surface area contributed by atoms with Gasteiger partial charge in [-0.2, -0.15) is 0 Å². The molecule has 2 N–H and O–H groups in total. The number of hydrogen-bond donors (Lipinski definition) is 2. The smallest absolute Gasteiger partial charge is 0.0928 e. The first kappa shape index (κ1) is 15.8. The third-order valence-corrected chi connectivity index (χ3v) is 3.62. The molecule has 0 fully saturated rings. The number of hydrogen-bond acceptors (Lipinski definition) is 4. The van der Waals surface area contributed by atoms with Crippen LogP contribution in [0.1, 0.15) is 17.2 Å². The fourth-order valence-corrected chi connectivity index (χ4v) is 2.45. The minimum Gasteiger partial charge on any atom is -0.387 e. The van der Waals surface area contributed by atoms with Gasteiger partial charge in [0.2, 0.25) is 0 Å². The number of aromatic nitrogens is 1. The lowest BCUT2D eigenvalue weighted by Crippen LogP contribution is -2.23. The average Bonchev–Trinajstić information content (AvgIpc) is 2.48. The van der Waals surface area contributed by atoms with Crippen molar-refractivity contribution in [2.75, 3.05) is 25.5 Å². The van der Waals surface area contributed by atoms with Crippen molar-refractivity contribution in [2.24, 2.45) is 0 Å². The molecule has 0 radical (unpaired) electrons. The molecule has 0 amide bonds. The normalized spacial score (nSPS) is 12.2. The largest absolute Gasteiger partial charge is 0.387 e. The van der Waals surface area contributed by atoms with E-state index in [2.05, 4.69) is 10.3 Å². The Hall–Kier alpha value is -1.62. The number of pyridine rings is 1. The first-order valence-electron chi connectivity index (χ1n) is 6.83. The molecule has 0 bridgehead atoms. The average molecular weight is 306 g/mol. The van der Waals surface area contributed by atoms with E-state index >= 15 is 0 Å². The van der Waals surface area contributed by atoms with Gasteiger partial charge in [-0.15, -0.1) is 0 Å². The molecule has 112 valence electrons. The Morgan fingerprint density at radius 3 is 2.76 bits per heavy atom. The van der Waals surface area contributed by atoms with E-state index < -0.39 is 6.10 Å². The van der Waals surface area contributed by atoms with Crippen LogP contribution in [0.2, 0.25) is 5.02 Å². The second-order valence-corrected chi connectivity index (χ2v) is 5.47. The third kappa shape index (κ3) is 4.17. The number of nitrogens with zero attached hydrogens (tertiary/aromatic N) is 2. The van der Waals surface area contributed by atoms with Crippen LogP contribution in [-0.2, 0) is 6.54 Å². The summed E-state index contributed by atoms with van der Waals surface area (Å²) in [5, 5.41) is 14.0. The van der Waals surface area contributed by atoms with Crippen molar-refractivity contribution in [2.45, 2.75) is 12.6 Å². The number of anilines is 1. The second kappa shape index (κ2) is 7.41. The summed E-state index contributed by atoms with van der Waals surface area (Å²) in [7, 11) is 3.99. The van der Waals surface area contributed by atoms with Gasteiger partial charge < -0.3 is 15.3 Å². The predicted molar refractivity (Wildman–Crippen MR) is 86.7 cm³/mol. The van der Waals surface area contributed by atoms with Crippen molar-refractivity contribution in [1.82, 2.24) is 10.3 Å². The van der Waals surface area contributed by atoms with Gasteiger partial charge in [-0.05, 0) is 12.1 Å². The Morgan fingerprint density at radius 1 is 1.29 bits per heavy atom. The molecule has 1 unspecified atom stereocenters. The molecule has 21 heavy (non-hydrogen) atoms. The van der Waals surface area contributed by atoms with Crippen molar-refractivity contribution in [1.29, 1.82) is 0 Å². The Balaban J connectivity index is 1.95. The van der Waals surface area contributed by atoms with E-state index in [9.17, 15) is 5.11 Å². The van der Waals surface area contributed by atoms with Gasteiger partial charge in [0.1, 0.15) is 0 Å². The Kier molecular flexibility index (Phi) is 5.56. The van der Waals surface area contributed by atoms with E-state index in [0.717, 1.165) is 16.8 Å². The summed E-state index contributed by atoms with van der Waals surface area (Å²) >= 11 is 6.08. The number of rotatable bonds is 6. The zero-order valence-corrected chi connectivity index (χ0v) is 13.0. The van der Waals surface area contributed by atoms with Crippen LogP contribution in [0.25, 0.3) is 0 Å². The molecular weight excluding hydrogens is 286 g/mol. The fraction of sp³-hybridized carbons (Fsp3) is 0.312. The van der Waals surface area contributed by atoms with E-state index in [4.69, 9.17) is 11.6 Å². The molecule has 0 aliphatic carbocycles. The molecule has 2 rings (SSSR count). The summed E-state index contributed by atoms with van der Waals surface area (Å²) in [6.45, 7) is 1.08. The SMILES string of the molecule is CN(C)c1ccncc1CNCC(O)c1ccccc1Cl. The lowest BCUT2D eigenvalue weighted by atomic mass is 10.1. The van der Waals surface area contributed by atoms with Gasteiger partial charge in [0.25, 0.3) is 0 Å². The summed E-state index contributed by atoms with van der Waals surface area (Å²) in [5.74, 6) is 0. The van der Waals surface area contributed by atoms with Crippen molar-refractivity contribution >= 4 is 17.3 Å². The maximum Gasteiger partial charge on any atom is 0.0928 e. The summed E-state index contributed by atoms with van der Waals surface area (Å²) in [6, 6.07) is 9.32. The van der Waals surface area contributed by atoms with Crippen LogP contribution in [0.3, 0.4) is 0 Å². The van der Waals surface area contributed by atoms with Crippen molar-refractivity contribution in [3.05, 3.63) is 58.9 Å². The van der Waals surface area contributed by atoms with E-state index in [1.54, 1.807) is 12.3 Å². The molecule has 2 aromatic rings. The standard InChI is InChI=1S/C16H20ClN3O/c1-20(2)15-7-8-18-9-12(15)10-19-11-16(21)13-5-3-4-6-14(13)17/h3-9,16,19,21H,10-11H2,1-2H3. The lowest BCUT2D eigenvalue weighted by Gasteiger charge is -2.18. The van der Waals surface area contributed by atoms with Gasteiger partial charge in [-0.3, -0.25) is 4.98 Å². The first-order valence-corrected chi connectivity index (χ1v) is 7.21. The summed E-state index contributed by atoms with van der Waals surface area (Å²) in [6.07, 6.45) is 2.99. The number of aliphatic hydroxyl groups excluding tert-OH is 1. The highest BCUT2D eigenvalue weighted by molar-refractivity contribution is 6.31. The van der Waals surface area contributed by atoms with Crippen molar-refractivity contribution < 1.29 is 5.11 Å². The number of halogens is 1. The second-order valence-electron chi connectivity index (χ2n) is 5.07. The minimum atomic E-state index is -0.627. The topological polar surface area (TPSA) is 48.4 Å². The highest BCUT2D eigenvalue weighted by Gasteiger charge is 2.11. The van der Waals surface area contributed by atoms with Crippen molar-refractivity contribution in [3.63, 3.8) is 0 Å². The van der Waals surface area contributed by atoms with Crippen LogP contribution in [0.5, 0.6) is 0 Å². The Labute approximate surface area is 130 Å². The fourth-order valence-electron chi connectivity index (χ4n) is 2.19. The van der Waals surface area contributed by atoms with Crippen molar-refractivity contribution in [3.8, 4) is 0 Å². The monoisotopic (exact) mass is 305 g/mol. The quantitative estimate of drug-likeness (QED) is 0.861. The summed E-state index contributed by atoms with van der Waals surface area (Å²) in [4.78, 5) is 6.19. The molecule has 1 aromatic carbocycles. The maximum absolute atomic E-state index is 10.2. The van der Waals surface area contributed by atoms with Crippen LogP contribution >= 0.6 is 11.6 Å². The molecule has 0 aliphatic rings. The molecular formula is C16H20ClN3O. The molecule has 5 heteroatoms. The maximum atomic E-state index is 10.2. The van der Waals surface area contributed by atoms with E-state index in [1.165, 1.54) is 0 Å². The highest BCUT2D eigenvalue weighted by atomic mass is 35.5. The van der Waals surface area contributed by atoms with Crippen LogP contribution in [0.15, 0.2) is 42.7 Å². The van der Waals surface area contributed by atoms with Gasteiger partial charge in [0.05, 0.1) is 6.10 Å². The first-order chi connectivity index (χ1) is 10.1. The zero-order chi connectivity index (χ0) is 15.2. The van der Waals surface area contributed by atoms with Crippen LogP contribution < -0.4 is 10.2 Å². The number of nitrogens with one attached hydrogen (secondary N) is 1. The third-order valence-electron chi connectivity index (χ3n) is 3.28. The summed E-state index contributed by atoms with van der Waals surface area (Å²) < 4.78 is 0. The van der Waals surface area contributed by atoms with Gasteiger partial charge in [0, 0.05) is 61.4 Å². The number of aliphatic hydroxyl groups is 1. The highest BCUT2D eigenvalue weighted by Crippen LogP contribution is 2.22. The molecule has 0 aliphatic heterocycles. The minimum absolute atomic E-state index is 0.436. The van der Waals surface area contributed by atoms with Crippen LogP contribution in [0, 0.1) is 0 Å². The lowest BCUT2D eigenvalue weighted by molar-refractivity contribution is 0.174. The molecule has 1 heterocycles. The van der Waals surface area contributed by atoms with Gasteiger partial charge in [-0.25, -0.2) is 0 Å². The molecule has 4 nitrogen and oxygen atoms in total.